The van der Waals surface area contributed by atoms with Crippen molar-refractivity contribution in [3.05, 3.63) is 76.5 Å². The molecule has 352 valence electrons. The Labute approximate surface area is 367 Å². The summed E-state index contributed by atoms with van der Waals surface area (Å²) in [5.41, 5.74) is -0.717. The zero-order valence-corrected chi connectivity index (χ0v) is 34.6. The van der Waals surface area contributed by atoms with Crippen LogP contribution in [0.3, 0.4) is 0 Å². The van der Waals surface area contributed by atoms with Gasteiger partial charge >= 0.3 is 5.97 Å². The van der Waals surface area contributed by atoms with Gasteiger partial charge in [0.15, 0.2) is 35.9 Å². The van der Waals surface area contributed by atoms with Crippen LogP contribution in [0.5, 0.6) is 34.5 Å². The third-order valence-electron chi connectivity index (χ3n) is 11.1. The quantitative estimate of drug-likeness (QED) is 0.0482. The SMILES string of the molecule is COc1cc(O)c2c(=O)c(O[C@H]3O[C@@H](CO[C@H]4O[C@H](C)[C@@H](O)[C@H](O[C@H]5O[C@H](C)[C@@H](O)[C@H](OC(=O)/C=C/c6ccc(O)cc6)[C@@H]5O)[C@@H]4O)[C@@H](O)[C@@H](O)[C@@H]3O)c(-c3ccc(O)c(O)c3)oc2c1. The van der Waals surface area contributed by atoms with E-state index in [1.807, 2.05) is 0 Å². The molecule has 0 aliphatic carbocycles. The maximum atomic E-state index is 14.0. The minimum Gasteiger partial charge on any atom is -0.508 e. The number of fused-ring (bicyclic) bond motifs is 1. The van der Waals surface area contributed by atoms with Gasteiger partial charge in [0.1, 0.15) is 83.2 Å². The molecule has 65 heavy (non-hydrogen) atoms. The number of hydrogen-bond donors (Lipinski definition) is 11. The van der Waals surface area contributed by atoms with E-state index in [4.69, 9.17) is 42.3 Å². The van der Waals surface area contributed by atoms with E-state index in [0.717, 1.165) is 24.3 Å². The van der Waals surface area contributed by atoms with Crippen LogP contribution >= 0.6 is 0 Å². The molecule has 0 amide bonds. The highest BCUT2D eigenvalue weighted by Crippen LogP contribution is 2.40. The average molecular weight is 917 g/mol. The van der Waals surface area contributed by atoms with Crippen LogP contribution in [-0.2, 0) is 33.2 Å². The Morgan fingerprint density at radius 2 is 1.35 bits per heavy atom. The molecule has 7 rings (SSSR count). The molecule has 22 heteroatoms. The number of esters is 1. The summed E-state index contributed by atoms with van der Waals surface area (Å²) in [4.78, 5) is 26.7. The van der Waals surface area contributed by atoms with Gasteiger partial charge in [-0.2, -0.15) is 0 Å². The lowest BCUT2D eigenvalue weighted by atomic mass is 9.97. The molecule has 0 spiro atoms. The lowest BCUT2D eigenvalue weighted by Crippen LogP contribution is -2.64. The zero-order valence-electron chi connectivity index (χ0n) is 34.6. The van der Waals surface area contributed by atoms with Crippen LogP contribution in [0.4, 0.5) is 0 Å². The van der Waals surface area contributed by atoms with Crippen LogP contribution in [0.25, 0.3) is 28.4 Å². The summed E-state index contributed by atoms with van der Waals surface area (Å²) in [6.45, 7) is 2.06. The van der Waals surface area contributed by atoms with Crippen molar-refractivity contribution in [3.8, 4) is 45.8 Å². The zero-order chi connectivity index (χ0) is 47.0. The normalized spacial score (nSPS) is 32.9. The second kappa shape index (κ2) is 19.5. The summed E-state index contributed by atoms with van der Waals surface area (Å²) < 4.78 is 51.0. The highest BCUT2D eigenvalue weighted by molar-refractivity contribution is 5.89. The standard InChI is InChI=1S/C43H48O22/c1-16-30(50)39(64-43-36(56)38(29(49)17(2)60-43)63-27(48)11-6-18-4-8-20(44)9-5-18)35(55)41(59-16)58-15-26-31(51)33(53)34(54)42(62-26)65-40-32(52)28-24(47)13-21(57-3)14-25(28)61-37(40)19-7-10-22(45)23(46)12-19/h4-14,16-17,26,29-31,33-36,38-39,41-47,49-51,53-56H,15H2,1-3H3/b11-6+/t16-,17-,26+,29-,30-,31-,33-,34+,35+,36+,38+,39+,41+,42-,43-/m1/s1. The highest BCUT2D eigenvalue weighted by Gasteiger charge is 2.52. The first-order chi connectivity index (χ1) is 30.9. The van der Waals surface area contributed by atoms with Gasteiger partial charge in [0.25, 0.3) is 0 Å². The Hall–Kier alpha value is -5.60. The molecule has 3 aromatic carbocycles. The molecule has 3 fully saturated rings. The monoisotopic (exact) mass is 916 g/mol. The number of aromatic hydroxyl groups is 4. The second-order valence-corrected chi connectivity index (χ2v) is 15.6. The number of carbonyl (C=O) groups excluding carboxylic acids is 1. The largest absolute Gasteiger partial charge is 0.508 e. The molecule has 1 aromatic heterocycles. The smallest absolute Gasteiger partial charge is 0.331 e. The van der Waals surface area contributed by atoms with Crippen molar-refractivity contribution in [2.24, 2.45) is 0 Å². The summed E-state index contributed by atoms with van der Waals surface area (Å²) in [7, 11) is 1.30. The Morgan fingerprint density at radius 1 is 0.692 bits per heavy atom. The molecule has 11 N–H and O–H groups in total. The van der Waals surface area contributed by atoms with Crippen LogP contribution in [-0.4, -0.2) is 168 Å². The molecule has 0 saturated carbocycles. The molecule has 0 unspecified atom stereocenters. The van der Waals surface area contributed by atoms with Gasteiger partial charge in [-0.15, -0.1) is 0 Å². The molecule has 3 aliphatic rings. The fourth-order valence-electron chi connectivity index (χ4n) is 7.42. The van der Waals surface area contributed by atoms with Crippen molar-refractivity contribution in [3.63, 3.8) is 0 Å². The van der Waals surface area contributed by atoms with Crippen molar-refractivity contribution >= 4 is 23.0 Å². The number of aliphatic hydroxyl groups is 7. The Morgan fingerprint density at radius 3 is 2.03 bits per heavy atom. The highest BCUT2D eigenvalue weighted by atomic mass is 16.7. The van der Waals surface area contributed by atoms with Crippen molar-refractivity contribution in [1.82, 2.24) is 0 Å². The predicted molar refractivity (Wildman–Crippen MR) is 217 cm³/mol. The van der Waals surface area contributed by atoms with Crippen molar-refractivity contribution < 1.29 is 103 Å². The van der Waals surface area contributed by atoms with E-state index in [9.17, 15) is 65.8 Å². The number of benzene rings is 3. The molecule has 4 heterocycles. The first-order valence-corrected chi connectivity index (χ1v) is 20.1. The minimum atomic E-state index is -2.05. The van der Waals surface area contributed by atoms with E-state index in [0.29, 0.717) is 5.56 Å². The first-order valence-electron chi connectivity index (χ1n) is 20.1. The molecule has 3 aliphatic heterocycles. The summed E-state index contributed by atoms with van der Waals surface area (Å²) in [5.74, 6) is -3.67. The number of methoxy groups -OCH3 is 1. The maximum absolute atomic E-state index is 14.0. The molecule has 15 atom stereocenters. The van der Waals surface area contributed by atoms with Crippen LogP contribution < -0.4 is 14.9 Å². The van der Waals surface area contributed by atoms with Gasteiger partial charge in [0.05, 0.1) is 25.9 Å². The molecule has 0 bridgehead atoms. The number of hydrogen-bond acceptors (Lipinski definition) is 22. The number of phenolic OH excluding ortho intramolecular Hbond substituents is 4. The predicted octanol–water partition coefficient (Wildman–Crippen LogP) is -0.562. The van der Waals surface area contributed by atoms with Gasteiger partial charge in [-0.05, 0) is 55.8 Å². The summed E-state index contributed by atoms with van der Waals surface area (Å²) in [6.07, 6.45) is -22.9. The van der Waals surface area contributed by atoms with Gasteiger partial charge in [-0.25, -0.2) is 4.79 Å². The van der Waals surface area contributed by atoms with Gasteiger partial charge in [-0.3, -0.25) is 4.79 Å². The Bertz CT molecular complexity index is 2400. The van der Waals surface area contributed by atoms with E-state index in [-0.39, 0.29) is 22.6 Å². The Kier molecular flexibility index (Phi) is 14.2. The summed E-state index contributed by atoms with van der Waals surface area (Å²) >= 11 is 0. The third-order valence-corrected chi connectivity index (χ3v) is 11.1. The maximum Gasteiger partial charge on any atom is 0.331 e. The van der Waals surface area contributed by atoms with Crippen LogP contribution in [0.15, 0.2) is 69.9 Å². The van der Waals surface area contributed by atoms with Crippen LogP contribution in [0, 0.1) is 0 Å². The lowest BCUT2D eigenvalue weighted by molar-refractivity contribution is -0.359. The van der Waals surface area contributed by atoms with Gasteiger partial charge in [-0.1, -0.05) is 12.1 Å². The molecule has 4 aromatic rings. The number of ether oxygens (including phenoxy) is 8. The lowest BCUT2D eigenvalue weighted by Gasteiger charge is -2.46. The average Bonchev–Trinajstić information content (AvgIpc) is 3.28. The van der Waals surface area contributed by atoms with Gasteiger partial charge in [0.2, 0.25) is 17.5 Å². The van der Waals surface area contributed by atoms with Crippen LogP contribution in [0.1, 0.15) is 19.4 Å². The molecule has 22 nitrogen and oxygen atoms in total. The molecular formula is C43H48O22. The first kappa shape index (κ1) is 47.4. The summed E-state index contributed by atoms with van der Waals surface area (Å²) in [6, 6.07) is 11.6. The fourth-order valence-corrected chi connectivity index (χ4v) is 7.42. The van der Waals surface area contributed by atoms with Gasteiger partial charge < -0.3 is 98.5 Å². The van der Waals surface area contributed by atoms with Crippen molar-refractivity contribution in [2.45, 2.75) is 106 Å². The molecular weight excluding hydrogens is 868 g/mol. The van der Waals surface area contributed by atoms with Crippen molar-refractivity contribution in [2.75, 3.05) is 13.7 Å². The van der Waals surface area contributed by atoms with Crippen molar-refractivity contribution in [1.29, 1.82) is 0 Å². The number of phenols is 4. The molecule has 3 saturated heterocycles. The summed E-state index contributed by atoms with van der Waals surface area (Å²) in [5, 5.41) is 117. The topological polar surface area (TPSA) is 344 Å². The number of carbonyl (C=O) groups is 1. The van der Waals surface area contributed by atoms with E-state index >= 15 is 0 Å². The van der Waals surface area contributed by atoms with Gasteiger partial charge in [0, 0.05) is 23.8 Å². The number of aliphatic hydroxyl groups excluding tert-OH is 7. The van der Waals surface area contributed by atoms with Crippen LogP contribution in [0.2, 0.25) is 0 Å². The third kappa shape index (κ3) is 9.84. The Balaban J connectivity index is 1.06. The minimum absolute atomic E-state index is 0.00960. The van der Waals surface area contributed by atoms with E-state index in [1.165, 1.54) is 63.4 Å². The second-order valence-electron chi connectivity index (χ2n) is 15.6. The fraction of sp³-hybridized carbons (Fsp3) is 0.442. The van der Waals surface area contributed by atoms with E-state index < -0.39 is 144 Å². The van der Waals surface area contributed by atoms with E-state index in [1.54, 1.807) is 0 Å². The molecule has 0 radical (unpaired) electrons. The van der Waals surface area contributed by atoms with E-state index in [2.05, 4.69) is 0 Å². The number of rotatable bonds is 12.